The minimum absolute atomic E-state index is 0.801. The lowest BCUT2D eigenvalue weighted by Gasteiger charge is -2.01. The van der Waals surface area contributed by atoms with Crippen LogP contribution in [-0.2, 0) is 9.59 Å². The van der Waals surface area contributed by atoms with E-state index in [0.29, 0.717) is 0 Å². The fourth-order valence-electron chi connectivity index (χ4n) is 2.67. The van der Waals surface area contributed by atoms with Gasteiger partial charge in [-0.1, -0.05) is 97.1 Å². The van der Waals surface area contributed by atoms with E-state index in [9.17, 15) is 9.59 Å². The van der Waals surface area contributed by atoms with Crippen molar-refractivity contribution in [2.75, 3.05) is 0 Å². The SMILES string of the molecule is CCC/C=C\C=O.CCCCCCCCC/C=C(/C=O)CCCCCC. The van der Waals surface area contributed by atoms with E-state index in [1.807, 2.05) is 6.08 Å². The lowest BCUT2D eigenvalue weighted by Crippen LogP contribution is -1.87. The maximum Gasteiger partial charge on any atom is 0.145 e. The molecule has 0 amide bonds. The molecule has 0 unspecified atom stereocenters. The Labute approximate surface area is 163 Å². The number of hydrogen-bond acceptors (Lipinski definition) is 2. The number of hydrogen-bond donors (Lipinski definition) is 0. The zero-order valence-corrected chi connectivity index (χ0v) is 17.8. The van der Waals surface area contributed by atoms with Crippen LogP contribution in [0.4, 0.5) is 0 Å². The van der Waals surface area contributed by atoms with E-state index >= 15 is 0 Å². The second-order valence-electron chi connectivity index (χ2n) is 6.97. The van der Waals surface area contributed by atoms with Crippen LogP contribution in [0.1, 0.15) is 117 Å². The van der Waals surface area contributed by atoms with Gasteiger partial charge in [-0.3, -0.25) is 9.59 Å². The van der Waals surface area contributed by atoms with Crippen LogP contribution in [0.15, 0.2) is 23.8 Å². The van der Waals surface area contributed by atoms with Crippen molar-refractivity contribution in [2.24, 2.45) is 0 Å². The molecule has 2 heteroatoms. The monoisotopic (exact) mass is 364 g/mol. The highest BCUT2D eigenvalue weighted by molar-refractivity contribution is 5.72. The first-order valence-electron chi connectivity index (χ1n) is 11.0. The van der Waals surface area contributed by atoms with Crippen molar-refractivity contribution in [2.45, 2.75) is 117 Å². The summed E-state index contributed by atoms with van der Waals surface area (Å²) in [6, 6.07) is 0. The molecule has 2 nitrogen and oxygen atoms in total. The zero-order valence-electron chi connectivity index (χ0n) is 17.8. The molecule has 0 aliphatic carbocycles. The number of unbranched alkanes of at least 4 members (excludes halogenated alkanes) is 11. The van der Waals surface area contributed by atoms with Crippen LogP contribution in [-0.4, -0.2) is 12.6 Å². The van der Waals surface area contributed by atoms with Crippen molar-refractivity contribution < 1.29 is 9.59 Å². The predicted molar refractivity (Wildman–Crippen MR) is 116 cm³/mol. The normalized spacial score (nSPS) is 11.3. The first-order valence-corrected chi connectivity index (χ1v) is 11.0. The Morgan fingerprint density at radius 2 is 1.23 bits per heavy atom. The fourth-order valence-corrected chi connectivity index (χ4v) is 2.67. The van der Waals surface area contributed by atoms with Gasteiger partial charge in [0.25, 0.3) is 0 Å². The lowest BCUT2D eigenvalue weighted by atomic mass is 10.0. The van der Waals surface area contributed by atoms with Gasteiger partial charge in [0, 0.05) is 0 Å². The second kappa shape index (κ2) is 26.1. The lowest BCUT2D eigenvalue weighted by molar-refractivity contribution is -0.105. The molecule has 152 valence electrons. The summed E-state index contributed by atoms with van der Waals surface area (Å²) in [7, 11) is 0. The van der Waals surface area contributed by atoms with Gasteiger partial charge < -0.3 is 0 Å². The molecule has 0 spiro atoms. The Morgan fingerprint density at radius 1 is 0.654 bits per heavy atom. The molecular weight excluding hydrogens is 320 g/mol. The quantitative estimate of drug-likeness (QED) is 0.150. The summed E-state index contributed by atoms with van der Waals surface area (Å²) in [5.74, 6) is 0. The highest BCUT2D eigenvalue weighted by atomic mass is 16.1. The number of rotatable bonds is 17. The molecule has 0 saturated carbocycles. The van der Waals surface area contributed by atoms with Gasteiger partial charge in [-0.05, 0) is 43.8 Å². The van der Waals surface area contributed by atoms with Crippen LogP contribution in [0.3, 0.4) is 0 Å². The molecule has 0 fully saturated rings. The Hall–Kier alpha value is -1.18. The highest BCUT2D eigenvalue weighted by Gasteiger charge is 1.96. The molecule has 0 aromatic rings. The molecule has 0 aromatic carbocycles. The number of carbonyl (C=O) groups excluding carboxylic acids is 2. The molecule has 0 radical (unpaired) electrons. The summed E-state index contributed by atoms with van der Waals surface area (Å²) in [6.45, 7) is 6.55. The third-order valence-electron chi connectivity index (χ3n) is 4.35. The van der Waals surface area contributed by atoms with Gasteiger partial charge in [0.05, 0.1) is 0 Å². The molecule has 0 bridgehead atoms. The molecule has 0 aliphatic heterocycles. The van der Waals surface area contributed by atoms with Gasteiger partial charge in [0.2, 0.25) is 0 Å². The standard InChI is InChI=1S/C18H34O.C6H10O/c1-3-5-7-9-10-11-12-14-16-18(17-19)15-13-8-6-4-2;1-2-3-4-5-6-7/h16-17H,3-15H2,1-2H3;4-6H,2-3H2,1H3/b18-16+;5-4-. The molecule has 0 heterocycles. The van der Waals surface area contributed by atoms with Crippen LogP contribution in [0.5, 0.6) is 0 Å². The average Bonchev–Trinajstić information content (AvgIpc) is 2.66. The van der Waals surface area contributed by atoms with Gasteiger partial charge in [0.1, 0.15) is 12.6 Å². The first-order chi connectivity index (χ1) is 12.8. The minimum atomic E-state index is 0.801. The van der Waals surface area contributed by atoms with Crippen molar-refractivity contribution in [3.05, 3.63) is 23.8 Å². The second-order valence-corrected chi connectivity index (χ2v) is 6.97. The Balaban J connectivity index is 0. The van der Waals surface area contributed by atoms with Crippen LogP contribution in [0, 0.1) is 0 Å². The molecule has 0 N–H and O–H groups in total. The minimum Gasteiger partial charge on any atom is -0.299 e. The van der Waals surface area contributed by atoms with Gasteiger partial charge in [0.15, 0.2) is 0 Å². The molecule has 0 aliphatic rings. The smallest absolute Gasteiger partial charge is 0.145 e. The molecule has 0 rings (SSSR count). The van der Waals surface area contributed by atoms with Crippen molar-refractivity contribution in [3.63, 3.8) is 0 Å². The molecular formula is C24H44O2. The van der Waals surface area contributed by atoms with Crippen LogP contribution < -0.4 is 0 Å². The third-order valence-corrected chi connectivity index (χ3v) is 4.35. The third kappa shape index (κ3) is 25.1. The molecule has 0 aromatic heterocycles. The van der Waals surface area contributed by atoms with Crippen LogP contribution in [0.25, 0.3) is 0 Å². The largest absolute Gasteiger partial charge is 0.299 e. The first kappa shape index (κ1) is 27.0. The van der Waals surface area contributed by atoms with Gasteiger partial charge >= 0.3 is 0 Å². The van der Waals surface area contributed by atoms with Crippen molar-refractivity contribution >= 4 is 12.6 Å². The summed E-state index contributed by atoms with van der Waals surface area (Å²) >= 11 is 0. The Bertz CT molecular complexity index is 342. The Morgan fingerprint density at radius 3 is 1.77 bits per heavy atom. The topological polar surface area (TPSA) is 34.1 Å². The molecule has 0 saturated heterocycles. The van der Waals surface area contributed by atoms with E-state index in [1.165, 1.54) is 76.7 Å². The maximum atomic E-state index is 10.9. The number of allylic oxidation sites excluding steroid dienone is 4. The molecule has 26 heavy (non-hydrogen) atoms. The van der Waals surface area contributed by atoms with E-state index in [2.05, 4.69) is 26.8 Å². The van der Waals surface area contributed by atoms with E-state index < -0.39 is 0 Å². The van der Waals surface area contributed by atoms with E-state index in [1.54, 1.807) is 0 Å². The van der Waals surface area contributed by atoms with E-state index in [4.69, 9.17) is 0 Å². The number of carbonyl (C=O) groups is 2. The fraction of sp³-hybridized carbons (Fsp3) is 0.750. The highest BCUT2D eigenvalue weighted by Crippen LogP contribution is 2.12. The summed E-state index contributed by atoms with van der Waals surface area (Å²) in [4.78, 5) is 20.5. The van der Waals surface area contributed by atoms with Crippen molar-refractivity contribution in [3.8, 4) is 0 Å². The summed E-state index contributed by atoms with van der Waals surface area (Å²) in [6.07, 6.45) is 26.1. The average molecular weight is 365 g/mol. The van der Waals surface area contributed by atoms with Gasteiger partial charge in [-0.15, -0.1) is 0 Å². The van der Waals surface area contributed by atoms with Crippen LogP contribution >= 0.6 is 0 Å². The van der Waals surface area contributed by atoms with Crippen LogP contribution in [0.2, 0.25) is 0 Å². The van der Waals surface area contributed by atoms with Crippen molar-refractivity contribution in [1.82, 2.24) is 0 Å². The number of aldehydes is 2. The van der Waals surface area contributed by atoms with E-state index in [0.717, 1.165) is 43.8 Å². The predicted octanol–water partition coefficient (Wildman–Crippen LogP) is 7.76. The Kier molecular flexibility index (Phi) is 27.1. The van der Waals surface area contributed by atoms with Crippen molar-refractivity contribution in [1.29, 1.82) is 0 Å². The van der Waals surface area contributed by atoms with Gasteiger partial charge in [-0.25, -0.2) is 0 Å². The summed E-state index contributed by atoms with van der Waals surface area (Å²) in [5.41, 5.74) is 1.03. The van der Waals surface area contributed by atoms with Gasteiger partial charge in [-0.2, -0.15) is 0 Å². The maximum absolute atomic E-state index is 10.9. The zero-order chi connectivity index (χ0) is 19.7. The summed E-state index contributed by atoms with van der Waals surface area (Å²) < 4.78 is 0. The molecule has 0 atom stereocenters. The van der Waals surface area contributed by atoms with E-state index in [-0.39, 0.29) is 0 Å². The summed E-state index contributed by atoms with van der Waals surface area (Å²) in [5, 5.41) is 0.